The van der Waals surface area contributed by atoms with Crippen LogP contribution >= 0.6 is 24.0 Å². The molecule has 0 amide bonds. The van der Waals surface area contributed by atoms with E-state index in [0.29, 0.717) is 31.2 Å². The van der Waals surface area contributed by atoms with Crippen molar-refractivity contribution in [1.29, 1.82) is 0 Å². The quantitative estimate of drug-likeness (QED) is 0.292. The Morgan fingerprint density at radius 1 is 1.22 bits per heavy atom. The van der Waals surface area contributed by atoms with Crippen LogP contribution in [-0.2, 0) is 11.3 Å². The van der Waals surface area contributed by atoms with Crippen LogP contribution < -0.4 is 15.4 Å². The SMILES string of the molecule is CN=C(NCCOC)NCc1ccccc1OCC(F)(F)F.I. The van der Waals surface area contributed by atoms with E-state index < -0.39 is 12.8 Å². The summed E-state index contributed by atoms with van der Waals surface area (Å²) in [4.78, 5) is 4.01. The van der Waals surface area contributed by atoms with Gasteiger partial charge in [-0.1, -0.05) is 18.2 Å². The lowest BCUT2D eigenvalue weighted by Gasteiger charge is -2.15. The molecule has 1 aromatic carbocycles. The zero-order valence-electron chi connectivity index (χ0n) is 12.9. The Balaban J connectivity index is 0.00000484. The number of rotatable bonds is 7. The van der Waals surface area contributed by atoms with Gasteiger partial charge in [-0.3, -0.25) is 4.99 Å². The van der Waals surface area contributed by atoms with Crippen molar-refractivity contribution in [2.75, 3.05) is 33.9 Å². The van der Waals surface area contributed by atoms with Crippen molar-refractivity contribution in [3.63, 3.8) is 0 Å². The number of aliphatic imine (C=N–C) groups is 1. The van der Waals surface area contributed by atoms with Crippen molar-refractivity contribution in [3.8, 4) is 5.75 Å². The Morgan fingerprint density at radius 2 is 1.91 bits per heavy atom. The summed E-state index contributed by atoms with van der Waals surface area (Å²) in [6.07, 6.45) is -4.36. The van der Waals surface area contributed by atoms with Gasteiger partial charge >= 0.3 is 6.18 Å². The molecule has 0 fully saturated rings. The molecule has 0 atom stereocenters. The molecule has 0 unspecified atom stereocenters. The third-order valence-corrected chi connectivity index (χ3v) is 2.63. The van der Waals surface area contributed by atoms with Gasteiger partial charge in [0.1, 0.15) is 5.75 Å². The van der Waals surface area contributed by atoms with E-state index in [1.165, 1.54) is 6.07 Å². The zero-order chi connectivity index (χ0) is 16.4. The Morgan fingerprint density at radius 3 is 2.52 bits per heavy atom. The summed E-state index contributed by atoms with van der Waals surface area (Å²) in [6.45, 7) is 0.0693. The fourth-order valence-corrected chi connectivity index (χ4v) is 1.62. The molecule has 0 radical (unpaired) electrons. The van der Waals surface area contributed by atoms with Crippen molar-refractivity contribution in [1.82, 2.24) is 10.6 Å². The maximum absolute atomic E-state index is 12.2. The van der Waals surface area contributed by atoms with E-state index >= 15 is 0 Å². The fourth-order valence-electron chi connectivity index (χ4n) is 1.62. The van der Waals surface area contributed by atoms with Crippen LogP contribution in [-0.4, -0.2) is 46.1 Å². The highest BCUT2D eigenvalue weighted by Crippen LogP contribution is 2.21. The first kappa shape index (κ1) is 21.8. The molecule has 9 heteroatoms. The van der Waals surface area contributed by atoms with E-state index in [0.717, 1.165) is 0 Å². The van der Waals surface area contributed by atoms with E-state index in [1.54, 1.807) is 32.4 Å². The molecule has 2 N–H and O–H groups in total. The molecule has 0 bridgehead atoms. The predicted molar refractivity (Wildman–Crippen MR) is 93.5 cm³/mol. The molecule has 0 heterocycles. The van der Waals surface area contributed by atoms with Crippen LogP contribution in [0.25, 0.3) is 0 Å². The van der Waals surface area contributed by atoms with Crippen LogP contribution in [0.1, 0.15) is 5.56 Å². The molecule has 132 valence electrons. The first-order chi connectivity index (χ1) is 10.5. The average molecular weight is 447 g/mol. The normalized spacial score (nSPS) is 11.6. The molecule has 0 aliphatic rings. The van der Waals surface area contributed by atoms with Crippen molar-refractivity contribution >= 4 is 29.9 Å². The Bertz CT molecular complexity index is 485. The lowest BCUT2D eigenvalue weighted by Crippen LogP contribution is -2.38. The summed E-state index contributed by atoms with van der Waals surface area (Å²) in [5, 5.41) is 6.01. The van der Waals surface area contributed by atoms with E-state index in [4.69, 9.17) is 9.47 Å². The number of para-hydroxylation sites is 1. The third-order valence-electron chi connectivity index (χ3n) is 2.63. The summed E-state index contributed by atoms with van der Waals surface area (Å²) in [7, 11) is 3.19. The highest BCUT2D eigenvalue weighted by atomic mass is 127. The maximum atomic E-state index is 12.2. The van der Waals surface area contributed by atoms with Crippen LogP contribution in [0.4, 0.5) is 13.2 Å². The fraction of sp³-hybridized carbons (Fsp3) is 0.500. The first-order valence-electron chi connectivity index (χ1n) is 6.67. The van der Waals surface area contributed by atoms with Gasteiger partial charge in [0.25, 0.3) is 0 Å². The smallest absolute Gasteiger partial charge is 0.422 e. The Kier molecular flexibility index (Phi) is 10.7. The van der Waals surface area contributed by atoms with Crippen LogP contribution in [0.15, 0.2) is 29.3 Å². The van der Waals surface area contributed by atoms with Crippen LogP contribution in [0.3, 0.4) is 0 Å². The lowest BCUT2D eigenvalue weighted by molar-refractivity contribution is -0.153. The van der Waals surface area contributed by atoms with E-state index in [1.807, 2.05) is 0 Å². The second kappa shape index (κ2) is 11.3. The topological polar surface area (TPSA) is 54.9 Å². The van der Waals surface area contributed by atoms with Crippen LogP contribution in [0.5, 0.6) is 5.75 Å². The van der Waals surface area contributed by atoms with Crippen molar-refractivity contribution in [2.24, 2.45) is 4.99 Å². The van der Waals surface area contributed by atoms with Crippen LogP contribution in [0, 0.1) is 0 Å². The Hall–Kier alpha value is -1.23. The largest absolute Gasteiger partial charge is 0.484 e. The number of benzene rings is 1. The van der Waals surface area contributed by atoms with Crippen molar-refractivity contribution < 1.29 is 22.6 Å². The van der Waals surface area contributed by atoms with E-state index in [2.05, 4.69) is 15.6 Å². The van der Waals surface area contributed by atoms with Gasteiger partial charge in [0.05, 0.1) is 6.61 Å². The number of nitrogens with zero attached hydrogens (tertiary/aromatic N) is 1. The second-order valence-corrected chi connectivity index (χ2v) is 4.36. The van der Waals surface area contributed by atoms with Crippen molar-refractivity contribution in [3.05, 3.63) is 29.8 Å². The van der Waals surface area contributed by atoms with E-state index in [-0.39, 0.29) is 29.7 Å². The Labute approximate surface area is 150 Å². The summed E-state index contributed by atoms with van der Waals surface area (Å²) < 4.78 is 46.4. The number of alkyl halides is 3. The minimum absolute atomic E-state index is 0. The second-order valence-electron chi connectivity index (χ2n) is 4.36. The third kappa shape index (κ3) is 9.49. The van der Waals surface area contributed by atoms with Gasteiger partial charge < -0.3 is 20.1 Å². The number of ether oxygens (including phenoxy) is 2. The van der Waals surface area contributed by atoms with Gasteiger partial charge in [0.15, 0.2) is 12.6 Å². The molecule has 0 aliphatic heterocycles. The molecule has 0 saturated carbocycles. The highest BCUT2D eigenvalue weighted by Gasteiger charge is 2.28. The maximum Gasteiger partial charge on any atom is 0.422 e. The van der Waals surface area contributed by atoms with Crippen LogP contribution in [0.2, 0.25) is 0 Å². The molecule has 0 aromatic heterocycles. The molecular weight excluding hydrogens is 426 g/mol. The number of nitrogens with one attached hydrogen (secondary N) is 2. The minimum Gasteiger partial charge on any atom is -0.484 e. The molecule has 5 nitrogen and oxygen atoms in total. The van der Waals surface area contributed by atoms with Gasteiger partial charge in [-0.05, 0) is 6.07 Å². The standard InChI is InChI=1S/C14H20F3N3O2.HI/c1-18-13(19-7-8-21-2)20-9-11-5-3-4-6-12(11)22-10-14(15,16)17;/h3-6H,7-10H2,1-2H3,(H2,18,19,20);1H. The summed E-state index contributed by atoms with van der Waals surface area (Å²) in [5.74, 6) is 0.724. The number of methoxy groups -OCH3 is 1. The molecule has 1 rings (SSSR count). The van der Waals surface area contributed by atoms with Gasteiger partial charge in [-0.15, -0.1) is 24.0 Å². The molecule has 1 aromatic rings. The number of hydrogen-bond donors (Lipinski definition) is 2. The minimum atomic E-state index is -4.36. The first-order valence-corrected chi connectivity index (χ1v) is 6.67. The number of guanidine groups is 1. The molecular formula is C14H21F3IN3O2. The van der Waals surface area contributed by atoms with E-state index in [9.17, 15) is 13.2 Å². The summed E-state index contributed by atoms with van der Waals surface area (Å²) in [5.41, 5.74) is 0.612. The monoisotopic (exact) mass is 447 g/mol. The molecule has 0 spiro atoms. The summed E-state index contributed by atoms with van der Waals surface area (Å²) >= 11 is 0. The lowest BCUT2D eigenvalue weighted by atomic mass is 10.2. The van der Waals surface area contributed by atoms with Crippen molar-refractivity contribution in [2.45, 2.75) is 12.7 Å². The van der Waals surface area contributed by atoms with Gasteiger partial charge in [0, 0.05) is 32.8 Å². The van der Waals surface area contributed by atoms with Gasteiger partial charge in [-0.2, -0.15) is 13.2 Å². The zero-order valence-corrected chi connectivity index (χ0v) is 15.3. The predicted octanol–water partition coefficient (Wildman–Crippen LogP) is 2.56. The average Bonchev–Trinajstić information content (AvgIpc) is 2.48. The summed E-state index contributed by atoms with van der Waals surface area (Å²) in [6, 6.07) is 6.56. The number of halogens is 4. The molecule has 0 aliphatic carbocycles. The molecule has 0 saturated heterocycles. The number of hydrogen-bond acceptors (Lipinski definition) is 3. The highest BCUT2D eigenvalue weighted by molar-refractivity contribution is 14.0. The van der Waals surface area contributed by atoms with Gasteiger partial charge in [0.2, 0.25) is 0 Å². The molecule has 23 heavy (non-hydrogen) atoms. The van der Waals surface area contributed by atoms with Gasteiger partial charge in [-0.25, -0.2) is 0 Å².